The van der Waals surface area contributed by atoms with Crippen molar-refractivity contribution in [3.8, 4) is 0 Å². The monoisotopic (exact) mass is 392 g/mol. The third-order valence-corrected chi connectivity index (χ3v) is 6.81. The molecule has 0 radical (unpaired) electrons. The van der Waals surface area contributed by atoms with Crippen molar-refractivity contribution in [1.29, 1.82) is 0 Å². The number of carbonyl (C=O) groups excluding carboxylic acids is 1. The van der Waals surface area contributed by atoms with E-state index in [1.165, 1.54) is 12.1 Å². The molecule has 8 heteroatoms. The summed E-state index contributed by atoms with van der Waals surface area (Å²) in [5.74, 6) is 0.578. The predicted molar refractivity (Wildman–Crippen MR) is 107 cm³/mol. The minimum absolute atomic E-state index is 0.0753. The molecule has 7 nitrogen and oxygen atoms in total. The molecule has 0 aromatic heterocycles. The Morgan fingerprint density at radius 3 is 2.70 bits per heavy atom. The molecular weight excluding hydrogens is 364 g/mol. The molecule has 0 bridgehead atoms. The molecule has 1 aromatic rings. The summed E-state index contributed by atoms with van der Waals surface area (Å²) in [6, 6.07) is 6.04. The first kappa shape index (κ1) is 19.7. The Bertz CT molecular complexity index is 848. The van der Waals surface area contributed by atoms with Crippen molar-refractivity contribution in [2.24, 2.45) is 9.81 Å². The van der Waals surface area contributed by atoms with Crippen LogP contribution >= 0.6 is 0 Å². The van der Waals surface area contributed by atoms with Crippen molar-refractivity contribution in [3.63, 3.8) is 0 Å². The van der Waals surface area contributed by atoms with E-state index in [9.17, 15) is 13.2 Å². The highest BCUT2D eigenvalue weighted by Gasteiger charge is 2.35. The van der Waals surface area contributed by atoms with Gasteiger partial charge in [-0.05, 0) is 42.9 Å². The van der Waals surface area contributed by atoms with Crippen LogP contribution in [-0.4, -0.2) is 44.8 Å². The van der Waals surface area contributed by atoms with Crippen LogP contribution in [0.25, 0.3) is 0 Å². The fraction of sp³-hybridized carbons (Fsp3) is 0.579. The van der Waals surface area contributed by atoms with Gasteiger partial charge in [0.05, 0.1) is 4.90 Å². The first-order chi connectivity index (χ1) is 12.7. The van der Waals surface area contributed by atoms with Gasteiger partial charge in [-0.25, -0.2) is 4.79 Å². The van der Waals surface area contributed by atoms with Crippen LogP contribution in [0.2, 0.25) is 0 Å². The standard InChI is InChI=1S/C19H28N4O3S/c1-19(2)11-5-9-16(19)21-18(24)20-14-7-4-8-15(13-14)27(25,26)22-17-10-6-12-23(17)3/h4,7-8,13,16H,5-6,9-12H2,1-3H3,(H2,20,21,24)/b22-17+. The Labute approximate surface area is 161 Å². The maximum atomic E-state index is 12.6. The highest BCUT2D eigenvalue weighted by molar-refractivity contribution is 7.90. The van der Waals surface area contributed by atoms with Gasteiger partial charge in [0.15, 0.2) is 0 Å². The Kier molecular flexibility index (Phi) is 5.46. The topological polar surface area (TPSA) is 90.9 Å². The summed E-state index contributed by atoms with van der Waals surface area (Å²) in [6.45, 7) is 5.11. The molecule has 1 unspecified atom stereocenters. The fourth-order valence-electron chi connectivity index (χ4n) is 3.76. The zero-order valence-electron chi connectivity index (χ0n) is 16.2. The number of sulfonamides is 1. The number of urea groups is 1. The number of nitrogens with zero attached hydrogens (tertiary/aromatic N) is 2. The summed E-state index contributed by atoms with van der Waals surface area (Å²) in [7, 11) is -1.96. The molecule has 1 heterocycles. The smallest absolute Gasteiger partial charge is 0.319 e. The van der Waals surface area contributed by atoms with Gasteiger partial charge in [0.1, 0.15) is 5.84 Å². The van der Waals surface area contributed by atoms with Gasteiger partial charge in [-0.3, -0.25) is 0 Å². The van der Waals surface area contributed by atoms with Crippen molar-refractivity contribution < 1.29 is 13.2 Å². The van der Waals surface area contributed by atoms with Crippen LogP contribution in [0.15, 0.2) is 33.6 Å². The van der Waals surface area contributed by atoms with Crippen molar-refractivity contribution in [2.45, 2.75) is 56.9 Å². The lowest BCUT2D eigenvalue weighted by Crippen LogP contribution is -2.43. The lowest BCUT2D eigenvalue weighted by Gasteiger charge is -2.27. The summed E-state index contributed by atoms with van der Waals surface area (Å²) in [5.41, 5.74) is 0.510. The van der Waals surface area contributed by atoms with Gasteiger partial charge in [0, 0.05) is 31.7 Å². The number of hydrogen-bond donors (Lipinski definition) is 2. The average molecular weight is 393 g/mol. The summed E-state index contributed by atoms with van der Waals surface area (Å²) in [6.07, 6.45) is 4.71. The van der Waals surface area contributed by atoms with Crippen LogP contribution in [0, 0.1) is 5.41 Å². The molecule has 1 saturated carbocycles. The lowest BCUT2D eigenvalue weighted by molar-refractivity contribution is 0.233. The van der Waals surface area contributed by atoms with Crippen LogP contribution in [0.1, 0.15) is 46.0 Å². The van der Waals surface area contributed by atoms with Gasteiger partial charge < -0.3 is 15.5 Å². The van der Waals surface area contributed by atoms with E-state index in [0.717, 1.165) is 32.2 Å². The normalized spacial score (nSPS) is 23.6. The molecule has 2 fully saturated rings. The van der Waals surface area contributed by atoms with E-state index in [1.807, 2.05) is 11.9 Å². The molecule has 0 spiro atoms. The highest BCUT2D eigenvalue weighted by Crippen LogP contribution is 2.37. The Balaban J connectivity index is 1.71. The Morgan fingerprint density at radius 1 is 1.30 bits per heavy atom. The lowest BCUT2D eigenvalue weighted by atomic mass is 9.87. The average Bonchev–Trinajstić information content (AvgIpc) is 3.13. The molecule has 1 aliphatic carbocycles. The number of amidine groups is 1. The van der Waals surface area contributed by atoms with Gasteiger partial charge in [0.2, 0.25) is 0 Å². The third-order valence-electron chi connectivity index (χ3n) is 5.51. The molecule has 148 valence electrons. The Morgan fingerprint density at radius 2 is 2.07 bits per heavy atom. The van der Waals surface area contributed by atoms with Crippen molar-refractivity contribution in [2.75, 3.05) is 18.9 Å². The zero-order valence-corrected chi connectivity index (χ0v) is 17.0. The van der Waals surface area contributed by atoms with Crippen LogP contribution in [0.4, 0.5) is 10.5 Å². The number of likely N-dealkylation sites (tertiary alicyclic amines) is 1. The van der Waals surface area contributed by atoms with Crippen LogP contribution in [-0.2, 0) is 10.0 Å². The Hall–Kier alpha value is -2.09. The molecule has 2 N–H and O–H groups in total. The molecule has 1 atom stereocenters. The highest BCUT2D eigenvalue weighted by atomic mass is 32.2. The van der Waals surface area contributed by atoms with E-state index < -0.39 is 10.0 Å². The van der Waals surface area contributed by atoms with Gasteiger partial charge in [-0.1, -0.05) is 26.3 Å². The number of carbonyl (C=O) groups is 1. The van der Waals surface area contributed by atoms with E-state index in [2.05, 4.69) is 28.9 Å². The maximum absolute atomic E-state index is 12.6. The van der Waals surface area contributed by atoms with Crippen LogP contribution in [0.5, 0.6) is 0 Å². The predicted octanol–water partition coefficient (Wildman–Crippen LogP) is 3.20. The first-order valence-corrected chi connectivity index (χ1v) is 10.8. The fourth-order valence-corrected chi connectivity index (χ4v) is 4.90. The largest absolute Gasteiger partial charge is 0.362 e. The molecule has 1 aromatic carbocycles. The van der Waals surface area contributed by atoms with Crippen molar-refractivity contribution >= 4 is 27.6 Å². The van der Waals surface area contributed by atoms with Crippen LogP contribution in [0.3, 0.4) is 0 Å². The summed E-state index contributed by atoms with van der Waals surface area (Å²) in [4.78, 5) is 14.3. The first-order valence-electron chi connectivity index (χ1n) is 9.40. The number of rotatable bonds is 4. The van der Waals surface area contributed by atoms with E-state index in [-0.39, 0.29) is 22.4 Å². The molecule has 1 aliphatic heterocycles. The van der Waals surface area contributed by atoms with Gasteiger partial charge in [-0.2, -0.15) is 8.42 Å². The number of hydrogen-bond acceptors (Lipinski definition) is 3. The van der Waals surface area contributed by atoms with E-state index in [4.69, 9.17) is 0 Å². The minimum atomic E-state index is -3.80. The molecule has 1 saturated heterocycles. The molecule has 27 heavy (non-hydrogen) atoms. The second-order valence-electron chi connectivity index (χ2n) is 8.07. The van der Waals surface area contributed by atoms with E-state index in [1.54, 1.807) is 12.1 Å². The third kappa shape index (κ3) is 4.61. The summed E-state index contributed by atoms with van der Waals surface area (Å²) in [5, 5.41) is 5.75. The van der Waals surface area contributed by atoms with Gasteiger partial charge in [-0.15, -0.1) is 4.40 Å². The van der Waals surface area contributed by atoms with Crippen molar-refractivity contribution in [1.82, 2.24) is 10.2 Å². The minimum Gasteiger partial charge on any atom is -0.362 e. The van der Waals surface area contributed by atoms with Crippen LogP contribution < -0.4 is 10.6 Å². The maximum Gasteiger partial charge on any atom is 0.319 e. The van der Waals surface area contributed by atoms with Gasteiger partial charge in [0.25, 0.3) is 10.0 Å². The zero-order chi connectivity index (χ0) is 19.7. The molecule has 3 rings (SSSR count). The SMILES string of the molecule is CN1CCC/C1=N\S(=O)(=O)c1cccc(NC(=O)NC2CCCC2(C)C)c1. The number of benzene rings is 1. The number of nitrogens with one attached hydrogen (secondary N) is 2. The van der Waals surface area contributed by atoms with E-state index >= 15 is 0 Å². The number of amides is 2. The molecule has 2 aliphatic rings. The second-order valence-corrected chi connectivity index (χ2v) is 9.67. The number of anilines is 1. The van der Waals surface area contributed by atoms with E-state index in [0.29, 0.717) is 17.9 Å². The molecule has 2 amide bonds. The van der Waals surface area contributed by atoms with Crippen molar-refractivity contribution in [3.05, 3.63) is 24.3 Å². The quantitative estimate of drug-likeness (QED) is 0.823. The summed E-state index contributed by atoms with van der Waals surface area (Å²) < 4.78 is 29.2. The molecular formula is C19H28N4O3S. The summed E-state index contributed by atoms with van der Waals surface area (Å²) >= 11 is 0. The van der Waals surface area contributed by atoms with Gasteiger partial charge >= 0.3 is 6.03 Å². The second kappa shape index (κ2) is 7.50.